The highest BCUT2D eigenvalue weighted by atomic mass is 19.4. The van der Waals surface area contributed by atoms with Gasteiger partial charge in [-0.15, -0.1) is 13.2 Å². The summed E-state index contributed by atoms with van der Waals surface area (Å²) < 4.78 is 42.3. The number of halogens is 3. The number of aromatic nitrogens is 2. The van der Waals surface area contributed by atoms with E-state index in [1.54, 1.807) is 0 Å². The first-order valence-electron chi connectivity index (χ1n) is 11.8. The van der Waals surface area contributed by atoms with Gasteiger partial charge in [0.25, 0.3) is 5.91 Å². The van der Waals surface area contributed by atoms with Crippen molar-refractivity contribution in [2.24, 2.45) is 0 Å². The normalized spacial score (nSPS) is 21.7. The maximum atomic E-state index is 13.0. The molecular weight excluding hydrogens is 447 g/mol. The van der Waals surface area contributed by atoms with Crippen LogP contribution in [0.25, 0.3) is 0 Å². The molecule has 2 aromatic rings. The van der Waals surface area contributed by atoms with Crippen LogP contribution in [0.5, 0.6) is 5.75 Å². The largest absolute Gasteiger partial charge is 0.573 e. The quantitative estimate of drug-likeness (QED) is 0.657. The second-order valence-corrected chi connectivity index (χ2v) is 9.95. The van der Waals surface area contributed by atoms with E-state index in [1.165, 1.54) is 37.4 Å². The van der Waals surface area contributed by atoms with E-state index in [0.717, 1.165) is 50.5 Å². The minimum Gasteiger partial charge on any atom is -0.406 e. The average Bonchev–Trinajstić information content (AvgIpc) is 3.63. The van der Waals surface area contributed by atoms with E-state index in [2.05, 4.69) is 24.9 Å². The molecule has 0 bridgehead atoms. The topological polar surface area (TPSA) is 70.6 Å². The summed E-state index contributed by atoms with van der Waals surface area (Å²) in [6.07, 6.45) is 3.82. The zero-order valence-electron chi connectivity index (χ0n) is 18.6. The molecule has 1 N–H and O–H groups in total. The highest BCUT2D eigenvalue weighted by Gasteiger charge is 2.57. The summed E-state index contributed by atoms with van der Waals surface area (Å²) in [7, 11) is 0. The van der Waals surface area contributed by atoms with Crippen molar-refractivity contribution < 1.29 is 22.7 Å². The van der Waals surface area contributed by atoms with Gasteiger partial charge in [-0.05, 0) is 61.3 Å². The molecule has 4 fully saturated rings. The van der Waals surface area contributed by atoms with Crippen LogP contribution >= 0.6 is 0 Å². The molecule has 2 aliphatic heterocycles. The fourth-order valence-corrected chi connectivity index (χ4v) is 5.09. The number of amides is 1. The van der Waals surface area contributed by atoms with Gasteiger partial charge in [-0.3, -0.25) is 9.69 Å². The van der Waals surface area contributed by atoms with Gasteiger partial charge in [0.15, 0.2) is 0 Å². The molecule has 1 aromatic heterocycles. The molecule has 0 unspecified atom stereocenters. The van der Waals surface area contributed by atoms with Crippen molar-refractivity contribution in [3.8, 4) is 5.75 Å². The summed E-state index contributed by atoms with van der Waals surface area (Å²) in [5, 5.41) is 3.03. The predicted molar refractivity (Wildman–Crippen MR) is 117 cm³/mol. The van der Waals surface area contributed by atoms with Gasteiger partial charge in [-0.2, -0.15) is 0 Å². The molecular formula is C24H26F3N5O2. The van der Waals surface area contributed by atoms with E-state index in [0.29, 0.717) is 17.1 Å². The second kappa shape index (κ2) is 7.83. The fourth-order valence-electron chi connectivity index (χ4n) is 5.09. The van der Waals surface area contributed by atoms with Gasteiger partial charge in [0, 0.05) is 44.6 Å². The van der Waals surface area contributed by atoms with E-state index < -0.39 is 6.36 Å². The van der Waals surface area contributed by atoms with Crippen LogP contribution in [0, 0.1) is 0 Å². The summed E-state index contributed by atoms with van der Waals surface area (Å²) in [6.45, 7) is 2.93. The number of nitrogens with zero attached hydrogens (tertiary/aromatic N) is 4. The number of anilines is 1. The first kappa shape index (κ1) is 21.6. The zero-order chi connectivity index (χ0) is 23.5. The molecule has 2 aliphatic carbocycles. The first-order valence-corrected chi connectivity index (χ1v) is 11.8. The fraction of sp³-hybridized carbons (Fsp3) is 0.542. The third-order valence-electron chi connectivity index (χ3n) is 7.30. The highest BCUT2D eigenvalue weighted by molar-refractivity contribution is 5.95. The molecule has 3 heterocycles. The Bertz CT molecular complexity index is 1090. The summed E-state index contributed by atoms with van der Waals surface area (Å²) in [5.41, 5.74) is 1.94. The lowest BCUT2D eigenvalue weighted by Gasteiger charge is -2.62. The number of benzene rings is 1. The summed E-state index contributed by atoms with van der Waals surface area (Å²) in [5.74, 6) is 0.344. The monoisotopic (exact) mass is 473 g/mol. The van der Waals surface area contributed by atoms with Crippen LogP contribution in [0.2, 0.25) is 0 Å². The van der Waals surface area contributed by atoms with Crippen molar-refractivity contribution in [2.45, 2.75) is 62.5 Å². The molecule has 6 rings (SSSR count). The second-order valence-electron chi connectivity index (χ2n) is 9.95. The molecule has 180 valence electrons. The summed E-state index contributed by atoms with van der Waals surface area (Å²) >= 11 is 0. The van der Waals surface area contributed by atoms with Crippen molar-refractivity contribution in [1.82, 2.24) is 19.8 Å². The zero-order valence-corrected chi connectivity index (χ0v) is 18.6. The number of ether oxygens (including phenoxy) is 1. The molecule has 4 aliphatic rings. The number of likely N-dealkylation sites (tertiary alicyclic amines) is 2. The van der Waals surface area contributed by atoms with Crippen molar-refractivity contribution in [2.75, 3.05) is 25.0 Å². The number of carbonyl (C=O) groups excluding carboxylic acids is 1. The number of carbonyl (C=O) groups is 1. The summed E-state index contributed by atoms with van der Waals surface area (Å²) in [6, 6.07) is 5.44. The van der Waals surface area contributed by atoms with Gasteiger partial charge in [-0.1, -0.05) is 6.07 Å². The van der Waals surface area contributed by atoms with Gasteiger partial charge >= 0.3 is 6.36 Å². The Balaban J connectivity index is 1.08. The maximum absolute atomic E-state index is 13.0. The summed E-state index contributed by atoms with van der Waals surface area (Å²) in [4.78, 5) is 25.9. The van der Waals surface area contributed by atoms with Gasteiger partial charge < -0.3 is 15.0 Å². The van der Waals surface area contributed by atoms with Crippen molar-refractivity contribution in [3.05, 3.63) is 47.3 Å². The molecule has 2 saturated heterocycles. The highest BCUT2D eigenvalue weighted by Crippen LogP contribution is 2.45. The molecule has 1 aromatic carbocycles. The Morgan fingerprint density at radius 3 is 2.44 bits per heavy atom. The van der Waals surface area contributed by atoms with Crippen LogP contribution in [-0.2, 0) is 6.54 Å². The Kier molecular flexibility index (Phi) is 4.98. The maximum Gasteiger partial charge on any atom is 0.573 e. The Hall–Kier alpha value is -2.88. The number of alkyl halides is 3. The lowest BCUT2D eigenvalue weighted by atomic mass is 9.77. The van der Waals surface area contributed by atoms with Crippen molar-refractivity contribution in [3.63, 3.8) is 0 Å². The number of rotatable bonds is 7. The van der Waals surface area contributed by atoms with Gasteiger partial charge in [-0.25, -0.2) is 9.97 Å². The van der Waals surface area contributed by atoms with Crippen LogP contribution < -0.4 is 10.1 Å². The minimum atomic E-state index is -4.73. The molecule has 0 atom stereocenters. The van der Waals surface area contributed by atoms with Crippen LogP contribution in [0.1, 0.15) is 59.5 Å². The third kappa shape index (κ3) is 4.31. The van der Waals surface area contributed by atoms with Crippen molar-refractivity contribution in [1.29, 1.82) is 0 Å². The van der Waals surface area contributed by atoms with E-state index in [-0.39, 0.29) is 29.7 Å². The predicted octanol–water partition coefficient (Wildman–Crippen LogP) is 3.93. The van der Waals surface area contributed by atoms with Crippen LogP contribution in [0.3, 0.4) is 0 Å². The molecule has 2 saturated carbocycles. The van der Waals surface area contributed by atoms with E-state index in [9.17, 15) is 18.0 Å². The van der Waals surface area contributed by atoms with E-state index in [1.807, 2.05) is 11.0 Å². The Morgan fingerprint density at radius 2 is 1.85 bits per heavy atom. The Labute approximate surface area is 195 Å². The standard InChI is InChI=1S/C24H26F3N5O2/c25-24(26,27)34-20-8-15(7-17(9-20)16-1-2-16)10-28-22-29-11-18(12-30-22)21(33)32-6-5-23(32)13-31(14-23)19-3-4-19/h7-9,11-12,16,19H,1-6,10,13-14H2,(H,28,29,30). The van der Waals surface area contributed by atoms with E-state index in [4.69, 9.17) is 0 Å². The van der Waals surface area contributed by atoms with Gasteiger partial charge in [0.05, 0.1) is 11.1 Å². The SMILES string of the molecule is O=C(c1cnc(NCc2cc(OC(F)(F)F)cc(C3CC3)c2)nc1)N1CCC12CN(C1CC1)C2. The lowest BCUT2D eigenvalue weighted by molar-refractivity contribution is -0.274. The first-order chi connectivity index (χ1) is 16.3. The molecule has 7 nitrogen and oxygen atoms in total. The molecule has 1 spiro atoms. The molecule has 1 amide bonds. The van der Waals surface area contributed by atoms with Gasteiger partial charge in [0.1, 0.15) is 5.75 Å². The van der Waals surface area contributed by atoms with E-state index >= 15 is 0 Å². The van der Waals surface area contributed by atoms with Crippen molar-refractivity contribution >= 4 is 11.9 Å². The third-order valence-corrected chi connectivity index (χ3v) is 7.30. The van der Waals surface area contributed by atoms with Crippen LogP contribution in [0.4, 0.5) is 19.1 Å². The van der Waals surface area contributed by atoms with Crippen LogP contribution in [-0.4, -0.2) is 63.3 Å². The molecule has 10 heteroatoms. The number of hydrogen-bond acceptors (Lipinski definition) is 6. The smallest absolute Gasteiger partial charge is 0.406 e. The minimum absolute atomic E-state index is 0.0145. The molecule has 0 radical (unpaired) electrons. The number of hydrogen-bond donors (Lipinski definition) is 1. The van der Waals surface area contributed by atoms with Crippen LogP contribution in [0.15, 0.2) is 30.6 Å². The lowest BCUT2D eigenvalue weighted by Crippen LogP contribution is -2.78. The number of nitrogens with one attached hydrogen (secondary N) is 1. The molecule has 34 heavy (non-hydrogen) atoms. The Morgan fingerprint density at radius 1 is 1.12 bits per heavy atom. The average molecular weight is 473 g/mol. The van der Waals surface area contributed by atoms with Gasteiger partial charge in [0.2, 0.25) is 5.95 Å².